The van der Waals surface area contributed by atoms with Crippen molar-refractivity contribution >= 4 is 17.9 Å². The molecule has 23 heavy (non-hydrogen) atoms. The van der Waals surface area contributed by atoms with E-state index in [0.29, 0.717) is 19.5 Å². The molecule has 2 rings (SSSR count). The number of methoxy groups -OCH3 is 1. The summed E-state index contributed by atoms with van der Waals surface area (Å²) in [7, 11) is 3.45. The maximum atomic E-state index is 12.4. The standard InChI is InChI=1S/C16H24N4O3/c1-19-11-13(10-18-19)4-5-15(22)20-9-3-7-16(12-20,23-2)8-6-14(17)21/h4-5,10-11H,3,6-9,12H2,1-2H3,(H2,17,21)/b5-4+. The Labute approximate surface area is 136 Å². The number of aromatic nitrogens is 2. The normalized spacial score (nSPS) is 21.7. The highest BCUT2D eigenvalue weighted by Crippen LogP contribution is 2.29. The maximum absolute atomic E-state index is 12.4. The van der Waals surface area contributed by atoms with E-state index < -0.39 is 5.60 Å². The zero-order valence-electron chi connectivity index (χ0n) is 13.7. The van der Waals surface area contributed by atoms with Gasteiger partial charge >= 0.3 is 0 Å². The minimum absolute atomic E-state index is 0.0611. The van der Waals surface area contributed by atoms with Gasteiger partial charge in [0.2, 0.25) is 11.8 Å². The van der Waals surface area contributed by atoms with E-state index in [1.807, 2.05) is 13.2 Å². The third kappa shape index (κ3) is 4.66. The van der Waals surface area contributed by atoms with Crippen LogP contribution < -0.4 is 5.73 Å². The molecule has 0 spiro atoms. The number of carbonyl (C=O) groups is 2. The Morgan fingerprint density at radius 1 is 1.52 bits per heavy atom. The maximum Gasteiger partial charge on any atom is 0.246 e. The van der Waals surface area contributed by atoms with Crippen LogP contribution in [0.15, 0.2) is 18.5 Å². The van der Waals surface area contributed by atoms with Gasteiger partial charge in [-0.05, 0) is 25.3 Å². The van der Waals surface area contributed by atoms with E-state index in [-0.39, 0.29) is 18.2 Å². The van der Waals surface area contributed by atoms with Crippen LogP contribution in [0.2, 0.25) is 0 Å². The molecule has 1 unspecified atom stereocenters. The number of hydrogen-bond acceptors (Lipinski definition) is 4. The van der Waals surface area contributed by atoms with Crippen LogP contribution in [0.3, 0.4) is 0 Å². The van der Waals surface area contributed by atoms with Crippen molar-refractivity contribution in [1.82, 2.24) is 14.7 Å². The van der Waals surface area contributed by atoms with Gasteiger partial charge in [-0.25, -0.2) is 0 Å². The fourth-order valence-electron chi connectivity index (χ4n) is 2.91. The number of hydrogen-bond donors (Lipinski definition) is 1. The summed E-state index contributed by atoms with van der Waals surface area (Å²) in [5.41, 5.74) is 5.64. The Bertz CT molecular complexity index is 596. The first kappa shape index (κ1) is 17.2. The second-order valence-electron chi connectivity index (χ2n) is 6.00. The van der Waals surface area contributed by atoms with Gasteiger partial charge in [-0.15, -0.1) is 0 Å². The van der Waals surface area contributed by atoms with Crippen molar-refractivity contribution in [2.24, 2.45) is 12.8 Å². The quantitative estimate of drug-likeness (QED) is 0.781. The first-order valence-electron chi connectivity index (χ1n) is 7.73. The lowest BCUT2D eigenvalue weighted by Gasteiger charge is -2.41. The second-order valence-corrected chi connectivity index (χ2v) is 6.00. The molecule has 7 heteroatoms. The van der Waals surface area contributed by atoms with E-state index in [2.05, 4.69) is 5.10 Å². The van der Waals surface area contributed by atoms with E-state index in [1.165, 1.54) is 0 Å². The van der Waals surface area contributed by atoms with E-state index >= 15 is 0 Å². The minimum atomic E-state index is -0.481. The highest BCUT2D eigenvalue weighted by Gasteiger charge is 2.36. The summed E-state index contributed by atoms with van der Waals surface area (Å²) in [6, 6.07) is 0. The Hall–Kier alpha value is -2.15. The van der Waals surface area contributed by atoms with Crippen LogP contribution in [0.1, 0.15) is 31.2 Å². The van der Waals surface area contributed by atoms with E-state index in [4.69, 9.17) is 10.5 Å². The number of amides is 2. The van der Waals surface area contributed by atoms with Crippen LogP contribution in [-0.4, -0.2) is 52.3 Å². The summed E-state index contributed by atoms with van der Waals surface area (Å²) in [5, 5.41) is 4.06. The van der Waals surface area contributed by atoms with E-state index in [0.717, 1.165) is 18.4 Å². The minimum Gasteiger partial charge on any atom is -0.376 e. The summed E-state index contributed by atoms with van der Waals surface area (Å²) >= 11 is 0. The number of primary amides is 1. The average Bonchev–Trinajstić information content (AvgIpc) is 2.96. The molecule has 7 nitrogen and oxygen atoms in total. The predicted molar refractivity (Wildman–Crippen MR) is 86.2 cm³/mol. The molecular weight excluding hydrogens is 296 g/mol. The molecule has 0 aromatic carbocycles. The van der Waals surface area contributed by atoms with E-state index in [1.54, 1.807) is 35.0 Å². The molecule has 0 bridgehead atoms. The number of nitrogens with two attached hydrogens (primary N) is 1. The molecule has 1 aliphatic rings. The van der Waals surface area contributed by atoms with Crippen LogP contribution in [0.4, 0.5) is 0 Å². The zero-order chi connectivity index (χ0) is 16.9. The Kier molecular flexibility index (Phi) is 5.54. The van der Waals surface area contributed by atoms with Crippen LogP contribution in [-0.2, 0) is 21.4 Å². The van der Waals surface area contributed by atoms with Gasteiger partial charge in [-0.2, -0.15) is 5.10 Å². The molecule has 1 atom stereocenters. The van der Waals surface area contributed by atoms with Crippen LogP contribution in [0.25, 0.3) is 6.08 Å². The first-order chi connectivity index (χ1) is 10.9. The lowest BCUT2D eigenvalue weighted by atomic mass is 9.87. The lowest BCUT2D eigenvalue weighted by molar-refractivity contribution is -0.136. The van der Waals surface area contributed by atoms with Crippen LogP contribution in [0.5, 0.6) is 0 Å². The Morgan fingerprint density at radius 3 is 2.91 bits per heavy atom. The molecule has 1 aromatic heterocycles. The smallest absolute Gasteiger partial charge is 0.246 e. The van der Waals surface area contributed by atoms with Gasteiger partial charge in [0, 0.05) is 51.5 Å². The third-order valence-corrected chi connectivity index (χ3v) is 4.25. The molecule has 1 aromatic rings. The molecule has 0 aliphatic carbocycles. The molecular formula is C16H24N4O3. The van der Waals surface area contributed by atoms with Crippen molar-refractivity contribution in [3.63, 3.8) is 0 Å². The predicted octanol–water partition coefficient (Wildman–Crippen LogP) is 0.706. The van der Waals surface area contributed by atoms with Gasteiger partial charge in [0.15, 0.2) is 0 Å². The zero-order valence-corrected chi connectivity index (χ0v) is 13.7. The lowest BCUT2D eigenvalue weighted by Crippen LogP contribution is -2.51. The van der Waals surface area contributed by atoms with Gasteiger partial charge in [0.25, 0.3) is 0 Å². The van der Waals surface area contributed by atoms with Gasteiger partial charge in [-0.3, -0.25) is 14.3 Å². The molecule has 126 valence electrons. The van der Waals surface area contributed by atoms with Crippen molar-refractivity contribution in [2.45, 2.75) is 31.3 Å². The monoisotopic (exact) mass is 320 g/mol. The summed E-state index contributed by atoms with van der Waals surface area (Å²) in [4.78, 5) is 25.2. The van der Waals surface area contributed by atoms with E-state index in [9.17, 15) is 9.59 Å². The van der Waals surface area contributed by atoms with Crippen molar-refractivity contribution in [3.8, 4) is 0 Å². The largest absolute Gasteiger partial charge is 0.376 e. The number of carbonyl (C=O) groups excluding carboxylic acids is 2. The number of ether oxygens (including phenoxy) is 1. The molecule has 2 N–H and O–H groups in total. The topological polar surface area (TPSA) is 90.4 Å². The molecule has 2 amide bonds. The Morgan fingerprint density at radius 2 is 2.30 bits per heavy atom. The summed E-state index contributed by atoms with van der Waals surface area (Å²) in [6.07, 6.45) is 9.32. The van der Waals surface area contributed by atoms with Crippen molar-refractivity contribution in [3.05, 3.63) is 24.0 Å². The summed E-state index contributed by atoms with van der Waals surface area (Å²) in [5.74, 6) is -0.407. The fraction of sp³-hybridized carbons (Fsp3) is 0.562. The average molecular weight is 320 g/mol. The highest BCUT2D eigenvalue weighted by atomic mass is 16.5. The van der Waals surface area contributed by atoms with Gasteiger partial charge in [0.05, 0.1) is 11.8 Å². The third-order valence-electron chi connectivity index (χ3n) is 4.25. The molecule has 2 heterocycles. The molecule has 0 saturated carbocycles. The SMILES string of the molecule is COC1(CCC(N)=O)CCCN(C(=O)/C=C/c2cnn(C)c2)C1. The molecule has 1 saturated heterocycles. The van der Waals surface area contributed by atoms with Crippen LogP contribution in [0, 0.1) is 0 Å². The number of piperidine rings is 1. The van der Waals surface area contributed by atoms with Crippen LogP contribution >= 0.6 is 0 Å². The molecule has 1 aliphatic heterocycles. The van der Waals surface area contributed by atoms with Gasteiger partial charge in [-0.1, -0.05) is 0 Å². The van der Waals surface area contributed by atoms with Crippen molar-refractivity contribution in [2.75, 3.05) is 20.2 Å². The fourth-order valence-corrected chi connectivity index (χ4v) is 2.91. The number of aryl methyl sites for hydroxylation is 1. The first-order valence-corrected chi connectivity index (χ1v) is 7.73. The molecule has 0 radical (unpaired) electrons. The van der Waals surface area contributed by atoms with Gasteiger partial charge in [0.1, 0.15) is 0 Å². The van der Waals surface area contributed by atoms with Crippen molar-refractivity contribution in [1.29, 1.82) is 0 Å². The summed E-state index contributed by atoms with van der Waals surface area (Å²) in [6.45, 7) is 1.17. The highest BCUT2D eigenvalue weighted by molar-refractivity contribution is 5.91. The number of rotatable bonds is 6. The van der Waals surface area contributed by atoms with Crippen molar-refractivity contribution < 1.29 is 14.3 Å². The molecule has 1 fully saturated rings. The Balaban J connectivity index is 1.99. The second kappa shape index (κ2) is 7.41. The number of likely N-dealkylation sites (tertiary alicyclic amines) is 1. The number of nitrogens with zero attached hydrogens (tertiary/aromatic N) is 3. The summed E-state index contributed by atoms with van der Waals surface area (Å²) < 4.78 is 7.32. The van der Waals surface area contributed by atoms with Gasteiger partial charge < -0.3 is 15.4 Å².